The molecule has 1 unspecified atom stereocenters. The molecule has 16 heavy (non-hydrogen) atoms. The summed E-state index contributed by atoms with van der Waals surface area (Å²) in [5, 5.41) is 13.5. The van der Waals surface area contributed by atoms with Crippen molar-refractivity contribution >= 4 is 11.8 Å². The van der Waals surface area contributed by atoms with E-state index >= 15 is 0 Å². The largest absolute Gasteiger partial charge is 0.381 e. The van der Waals surface area contributed by atoms with Gasteiger partial charge in [0, 0.05) is 18.5 Å². The lowest BCUT2D eigenvalue weighted by Crippen LogP contribution is -2.21. The van der Waals surface area contributed by atoms with Crippen molar-refractivity contribution in [2.75, 3.05) is 13.2 Å². The van der Waals surface area contributed by atoms with Crippen molar-refractivity contribution in [2.24, 2.45) is 0 Å². The maximum Gasteiger partial charge on any atom is 0.209 e. The van der Waals surface area contributed by atoms with E-state index in [2.05, 4.69) is 29.4 Å². The van der Waals surface area contributed by atoms with Crippen molar-refractivity contribution in [3.63, 3.8) is 0 Å². The highest BCUT2D eigenvalue weighted by Crippen LogP contribution is 2.27. The van der Waals surface area contributed by atoms with Crippen LogP contribution in [0.1, 0.15) is 39.2 Å². The fourth-order valence-corrected chi connectivity index (χ4v) is 2.59. The molecule has 1 aliphatic heterocycles. The molecular formula is C10H18N4OS. The van der Waals surface area contributed by atoms with Gasteiger partial charge in [0.05, 0.1) is 6.04 Å². The number of ether oxygens (including phenoxy) is 1. The number of aromatic nitrogens is 4. The van der Waals surface area contributed by atoms with Crippen molar-refractivity contribution in [1.82, 2.24) is 20.2 Å². The molecule has 1 atom stereocenters. The molecule has 0 amide bonds. The van der Waals surface area contributed by atoms with Crippen LogP contribution in [0, 0.1) is 0 Å². The van der Waals surface area contributed by atoms with Crippen molar-refractivity contribution in [3.8, 4) is 0 Å². The van der Waals surface area contributed by atoms with Gasteiger partial charge in [-0.25, -0.2) is 4.68 Å². The van der Waals surface area contributed by atoms with Crippen molar-refractivity contribution in [3.05, 3.63) is 0 Å². The fourth-order valence-electron chi connectivity index (χ4n) is 1.69. The number of hydrogen-bond donors (Lipinski definition) is 0. The average molecular weight is 242 g/mol. The maximum absolute atomic E-state index is 5.35. The predicted molar refractivity (Wildman–Crippen MR) is 62.5 cm³/mol. The summed E-state index contributed by atoms with van der Waals surface area (Å²) in [7, 11) is 0. The zero-order chi connectivity index (χ0) is 11.4. The van der Waals surface area contributed by atoms with Crippen LogP contribution in [-0.4, -0.2) is 38.7 Å². The first-order valence-corrected chi connectivity index (χ1v) is 6.71. The van der Waals surface area contributed by atoms with Crippen molar-refractivity contribution in [1.29, 1.82) is 0 Å². The van der Waals surface area contributed by atoms with Crippen LogP contribution in [0.2, 0.25) is 0 Å². The van der Waals surface area contributed by atoms with Crippen LogP contribution in [0.15, 0.2) is 5.16 Å². The lowest BCUT2D eigenvalue weighted by atomic mass is 10.1. The van der Waals surface area contributed by atoms with Crippen LogP contribution in [0.3, 0.4) is 0 Å². The van der Waals surface area contributed by atoms with Gasteiger partial charge in [-0.3, -0.25) is 0 Å². The van der Waals surface area contributed by atoms with Gasteiger partial charge in [0.25, 0.3) is 0 Å². The highest BCUT2D eigenvalue weighted by Gasteiger charge is 2.21. The summed E-state index contributed by atoms with van der Waals surface area (Å²) in [5.74, 6) is 0. The minimum absolute atomic E-state index is 0.412. The van der Waals surface area contributed by atoms with Gasteiger partial charge >= 0.3 is 0 Å². The van der Waals surface area contributed by atoms with Crippen LogP contribution in [0.25, 0.3) is 0 Å². The third kappa shape index (κ3) is 2.74. The third-order valence-corrected chi connectivity index (χ3v) is 4.10. The first-order valence-electron chi connectivity index (χ1n) is 5.83. The van der Waals surface area contributed by atoms with Crippen LogP contribution in [0.5, 0.6) is 0 Å². The minimum atomic E-state index is 0.412. The van der Waals surface area contributed by atoms with E-state index < -0.39 is 0 Å². The van der Waals surface area contributed by atoms with Crippen molar-refractivity contribution < 1.29 is 4.74 Å². The van der Waals surface area contributed by atoms with Crippen LogP contribution >= 0.6 is 11.8 Å². The molecule has 0 saturated carbocycles. The molecule has 2 heterocycles. The van der Waals surface area contributed by atoms with Gasteiger partial charge in [0.2, 0.25) is 5.16 Å². The zero-order valence-corrected chi connectivity index (χ0v) is 10.6. The topological polar surface area (TPSA) is 52.8 Å². The summed E-state index contributed by atoms with van der Waals surface area (Å²) in [6, 6.07) is 0.412. The average Bonchev–Trinajstić information content (AvgIpc) is 2.78. The van der Waals surface area contributed by atoms with E-state index in [0.29, 0.717) is 11.3 Å². The quantitative estimate of drug-likeness (QED) is 0.755. The van der Waals surface area contributed by atoms with Crippen LogP contribution < -0.4 is 0 Å². The normalized spacial score (nSPS) is 19.9. The van der Waals surface area contributed by atoms with Crippen LogP contribution in [0.4, 0.5) is 0 Å². The standard InChI is InChI=1S/C10H18N4OS/c1-3-8(2)16-10-11-12-13-14(10)9-4-6-15-7-5-9/h8-9H,3-7H2,1-2H3. The Morgan fingerprint density at radius 2 is 2.25 bits per heavy atom. The Balaban J connectivity index is 2.05. The van der Waals surface area contributed by atoms with E-state index in [1.165, 1.54) is 0 Å². The van der Waals surface area contributed by atoms with E-state index in [-0.39, 0.29) is 0 Å². The summed E-state index contributed by atoms with van der Waals surface area (Å²) in [6.07, 6.45) is 3.16. The SMILES string of the molecule is CCC(C)Sc1nnnn1C1CCOCC1. The summed E-state index contributed by atoms with van der Waals surface area (Å²) >= 11 is 1.76. The Morgan fingerprint density at radius 1 is 1.50 bits per heavy atom. The monoisotopic (exact) mass is 242 g/mol. The van der Waals surface area contributed by atoms with Gasteiger partial charge in [-0.2, -0.15) is 0 Å². The predicted octanol–water partition coefficient (Wildman–Crippen LogP) is 1.92. The highest BCUT2D eigenvalue weighted by atomic mass is 32.2. The molecule has 0 N–H and O–H groups in total. The van der Waals surface area contributed by atoms with E-state index in [9.17, 15) is 0 Å². The number of thioether (sulfide) groups is 1. The van der Waals surface area contributed by atoms with E-state index in [0.717, 1.165) is 37.6 Å². The Kier molecular flexibility index (Phi) is 4.17. The van der Waals surface area contributed by atoms with E-state index in [1.807, 2.05) is 4.68 Å². The summed E-state index contributed by atoms with van der Waals surface area (Å²) in [4.78, 5) is 0. The second-order valence-corrected chi connectivity index (χ2v) is 5.49. The summed E-state index contributed by atoms with van der Waals surface area (Å²) in [5.41, 5.74) is 0. The minimum Gasteiger partial charge on any atom is -0.381 e. The molecule has 5 nitrogen and oxygen atoms in total. The molecule has 1 aliphatic rings. The zero-order valence-electron chi connectivity index (χ0n) is 9.80. The fraction of sp³-hybridized carbons (Fsp3) is 0.900. The number of rotatable bonds is 4. The highest BCUT2D eigenvalue weighted by molar-refractivity contribution is 7.99. The number of nitrogens with zero attached hydrogens (tertiary/aromatic N) is 4. The lowest BCUT2D eigenvalue weighted by molar-refractivity contribution is 0.0631. The molecule has 1 aromatic heterocycles. The van der Waals surface area contributed by atoms with Gasteiger partial charge in [-0.1, -0.05) is 25.6 Å². The molecule has 1 fully saturated rings. The molecule has 2 rings (SSSR count). The lowest BCUT2D eigenvalue weighted by Gasteiger charge is -2.22. The molecule has 0 aliphatic carbocycles. The third-order valence-electron chi connectivity index (χ3n) is 2.88. The maximum atomic E-state index is 5.35. The molecule has 0 bridgehead atoms. The smallest absolute Gasteiger partial charge is 0.209 e. The molecule has 0 aromatic carbocycles. The van der Waals surface area contributed by atoms with Gasteiger partial charge in [-0.05, 0) is 29.7 Å². The molecule has 0 radical (unpaired) electrons. The molecular weight excluding hydrogens is 224 g/mol. The van der Waals surface area contributed by atoms with Crippen molar-refractivity contribution in [2.45, 2.75) is 49.6 Å². The molecule has 1 saturated heterocycles. The first-order chi connectivity index (χ1) is 7.81. The Labute approximate surface area is 99.9 Å². The van der Waals surface area contributed by atoms with Crippen LogP contribution in [-0.2, 0) is 4.74 Å². The second kappa shape index (κ2) is 5.63. The molecule has 6 heteroatoms. The first kappa shape index (κ1) is 11.9. The van der Waals surface area contributed by atoms with Gasteiger partial charge in [0.1, 0.15) is 0 Å². The number of hydrogen-bond acceptors (Lipinski definition) is 5. The van der Waals surface area contributed by atoms with Gasteiger partial charge in [-0.15, -0.1) is 5.10 Å². The number of tetrazole rings is 1. The molecule has 0 spiro atoms. The van der Waals surface area contributed by atoms with E-state index in [1.54, 1.807) is 11.8 Å². The Hall–Kier alpha value is -0.620. The summed E-state index contributed by atoms with van der Waals surface area (Å²) < 4.78 is 7.32. The summed E-state index contributed by atoms with van der Waals surface area (Å²) in [6.45, 7) is 6.02. The Morgan fingerprint density at radius 3 is 2.94 bits per heavy atom. The molecule has 90 valence electrons. The van der Waals surface area contributed by atoms with Gasteiger partial charge < -0.3 is 4.74 Å². The van der Waals surface area contributed by atoms with E-state index in [4.69, 9.17) is 4.74 Å². The second-order valence-electron chi connectivity index (χ2n) is 4.09. The van der Waals surface area contributed by atoms with Gasteiger partial charge in [0.15, 0.2) is 0 Å². The molecule has 1 aromatic rings. The Bertz CT molecular complexity index is 324.